The third-order valence-corrected chi connectivity index (χ3v) is 5.49. The van der Waals surface area contributed by atoms with E-state index in [1.165, 1.54) is 71.0 Å². The highest BCUT2D eigenvalue weighted by Crippen LogP contribution is 2.44. The maximum Gasteiger partial charge on any atom is -0.00132 e. The Kier molecular flexibility index (Phi) is 4.71. The molecule has 0 aromatic heterocycles. The number of hydrogen-bond acceptors (Lipinski definition) is 2. The molecule has 1 saturated carbocycles. The van der Waals surface area contributed by atoms with Gasteiger partial charge in [0.1, 0.15) is 0 Å². The summed E-state index contributed by atoms with van der Waals surface area (Å²) in [5, 5.41) is 0. The Hall–Kier alpha value is -0.0800. The number of nitrogens with two attached hydrogens (primary N) is 1. The first kappa shape index (κ1) is 14.3. The minimum atomic E-state index is 0.319. The summed E-state index contributed by atoms with van der Waals surface area (Å²) in [4.78, 5) is 2.68. The van der Waals surface area contributed by atoms with Crippen LogP contribution in [0, 0.1) is 10.8 Å². The van der Waals surface area contributed by atoms with Crippen molar-refractivity contribution in [2.45, 2.75) is 65.2 Å². The van der Waals surface area contributed by atoms with Gasteiger partial charge in [0.05, 0.1) is 0 Å². The lowest BCUT2D eigenvalue weighted by atomic mass is 9.68. The Morgan fingerprint density at radius 3 is 2.17 bits per heavy atom. The van der Waals surface area contributed by atoms with Crippen molar-refractivity contribution in [3.8, 4) is 0 Å². The van der Waals surface area contributed by atoms with Gasteiger partial charge < -0.3 is 10.6 Å². The van der Waals surface area contributed by atoms with Crippen molar-refractivity contribution < 1.29 is 0 Å². The Labute approximate surface area is 113 Å². The van der Waals surface area contributed by atoms with Gasteiger partial charge >= 0.3 is 0 Å². The Morgan fingerprint density at radius 1 is 1.00 bits per heavy atom. The zero-order chi connectivity index (χ0) is 13.1. The van der Waals surface area contributed by atoms with E-state index in [-0.39, 0.29) is 0 Å². The second-order valence-corrected chi connectivity index (χ2v) is 7.52. The lowest BCUT2D eigenvalue weighted by Gasteiger charge is -2.44. The van der Waals surface area contributed by atoms with E-state index in [1.54, 1.807) is 0 Å². The lowest BCUT2D eigenvalue weighted by Crippen LogP contribution is -2.42. The van der Waals surface area contributed by atoms with Gasteiger partial charge in [-0.15, -0.1) is 0 Å². The minimum absolute atomic E-state index is 0.319. The van der Waals surface area contributed by atoms with E-state index < -0.39 is 0 Å². The van der Waals surface area contributed by atoms with Gasteiger partial charge in [0.15, 0.2) is 0 Å². The smallest absolute Gasteiger partial charge is 0.00132 e. The van der Waals surface area contributed by atoms with Crippen LogP contribution in [0.5, 0.6) is 0 Å². The van der Waals surface area contributed by atoms with Crippen LogP contribution in [0.3, 0.4) is 0 Å². The molecule has 106 valence electrons. The largest absolute Gasteiger partial charge is 0.330 e. The number of likely N-dealkylation sites (tertiary alicyclic amines) is 1. The van der Waals surface area contributed by atoms with Crippen LogP contribution >= 0.6 is 0 Å². The molecule has 18 heavy (non-hydrogen) atoms. The zero-order valence-electron chi connectivity index (χ0n) is 12.5. The number of nitrogens with zero attached hydrogens (tertiary/aromatic N) is 1. The SMILES string of the molecule is CC(C)(CN)CCN1CCC2(CCCCC2)CC1. The van der Waals surface area contributed by atoms with Gasteiger partial charge in [0, 0.05) is 0 Å². The fraction of sp³-hybridized carbons (Fsp3) is 1.00. The molecule has 2 heteroatoms. The molecule has 0 atom stereocenters. The summed E-state index contributed by atoms with van der Waals surface area (Å²) in [5.41, 5.74) is 6.88. The Bertz CT molecular complexity index is 244. The molecule has 0 unspecified atom stereocenters. The molecular formula is C16H32N2. The molecule has 0 aromatic carbocycles. The first-order valence-corrected chi connectivity index (χ1v) is 7.98. The normalized spacial score (nSPS) is 25.5. The molecule has 1 aliphatic carbocycles. The highest BCUT2D eigenvalue weighted by molar-refractivity contribution is 4.88. The van der Waals surface area contributed by atoms with Crippen molar-refractivity contribution in [3.63, 3.8) is 0 Å². The Morgan fingerprint density at radius 2 is 1.61 bits per heavy atom. The van der Waals surface area contributed by atoms with Gasteiger partial charge in [0.2, 0.25) is 0 Å². The maximum atomic E-state index is 5.82. The fourth-order valence-corrected chi connectivity index (χ4v) is 3.62. The summed E-state index contributed by atoms with van der Waals surface area (Å²) in [6.45, 7) is 9.31. The van der Waals surface area contributed by atoms with E-state index in [4.69, 9.17) is 5.73 Å². The first-order valence-electron chi connectivity index (χ1n) is 7.98. The van der Waals surface area contributed by atoms with Gasteiger partial charge in [-0.25, -0.2) is 0 Å². The summed E-state index contributed by atoms with van der Waals surface area (Å²) in [6.07, 6.45) is 11.6. The van der Waals surface area contributed by atoms with Crippen LogP contribution < -0.4 is 5.73 Å². The van der Waals surface area contributed by atoms with Crippen LogP contribution in [-0.4, -0.2) is 31.1 Å². The van der Waals surface area contributed by atoms with Crippen LogP contribution in [0.1, 0.15) is 65.2 Å². The van der Waals surface area contributed by atoms with Gasteiger partial charge in [0.25, 0.3) is 0 Å². The molecule has 2 fully saturated rings. The number of rotatable bonds is 4. The Balaban J connectivity index is 1.73. The second-order valence-electron chi connectivity index (χ2n) is 7.52. The molecule has 2 aliphatic rings. The molecular weight excluding hydrogens is 220 g/mol. The molecule has 2 N–H and O–H groups in total. The molecule has 0 bridgehead atoms. The van der Waals surface area contributed by atoms with E-state index in [9.17, 15) is 0 Å². The van der Waals surface area contributed by atoms with Gasteiger partial charge in [-0.1, -0.05) is 33.1 Å². The van der Waals surface area contributed by atoms with E-state index in [0.717, 1.165) is 12.0 Å². The average Bonchev–Trinajstić information content (AvgIpc) is 2.39. The highest BCUT2D eigenvalue weighted by atomic mass is 15.1. The zero-order valence-corrected chi connectivity index (χ0v) is 12.5. The van der Waals surface area contributed by atoms with Gasteiger partial charge in [-0.05, 0) is 69.1 Å². The topological polar surface area (TPSA) is 29.3 Å². The van der Waals surface area contributed by atoms with Crippen molar-refractivity contribution in [2.75, 3.05) is 26.2 Å². The molecule has 1 spiro atoms. The quantitative estimate of drug-likeness (QED) is 0.831. The molecule has 0 amide bonds. The molecule has 1 aliphatic heterocycles. The van der Waals surface area contributed by atoms with E-state index in [1.807, 2.05) is 0 Å². The average molecular weight is 252 g/mol. The van der Waals surface area contributed by atoms with Crippen molar-refractivity contribution in [1.29, 1.82) is 0 Å². The molecule has 2 rings (SSSR count). The van der Waals surface area contributed by atoms with Crippen molar-refractivity contribution in [2.24, 2.45) is 16.6 Å². The van der Waals surface area contributed by atoms with Crippen LogP contribution in [0.25, 0.3) is 0 Å². The molecule has 2 nitrogen and oxygen atoms in total. The monoisotopic (exact) mass is 252 g/mol. The van der Waals surface area contributed by atoms with Crippen LogP contribution in [0.15, 0.2) is 0 Å². The van der Waals surface area contributed by atoms with Crippen molar-refractivity contribution >= 4 is 0 Å². The second kappa shape index (κ2) is 5.92. The summed E-state index contributed by atoms with van der Waals surface area (Å²) >= 11 is 0. The summed E-state index contributed by atoms with van der Waals surface area (Å²) in [7, 11) is 0. The summed E-state index contributed by atoms with van der Waals surface area (Å²) in [5.74, 6) is 0. The van der Waals surface area contributed by atoms with Crippen LogP contribution in [0.2, 0.25) is 0 Å². The molecule has 1 heterocycles. The lowest BCUT2D eigenvalue weighted by molar-refractivity contribution is 0.0620. The highest BCUT2D eigenvalue weighted by Gasteiger charge is 2.35. The van der Waals surface area contributed by atoms with Crippen LogP contribution in [0.4, 0.5) is 0 Å². The first-order chi connectivity index (χ1) is 8.55. The summed E-state index contributed by atoms with van der Waals surface area (Å²) in [6, 6.07) is 0. The minimum Gasteiger partial charge on any atom is -0.330 e. The predicted molar refractivity (Wildman–Crippen MR) is 78.6 cm³/mol. The molecule has 0 aromatic rings. The van der Waals surface area contributed by atoms with Crippen LogP contribution in [-0.2, 0) is 0 Å². The predicted octanol–water partition coefficient (Wildman–Crippen LogP) is 3.41. The van der Waals surface area contributed by atoms with E-state index in [2.05, 4.69) is 18.7 Å². The fourth-order valence-electron chi connectivity index (χ4n) is 3.62. The third-order valence-electron chi connectivity index (χ3n) is 5.49. The number of piperidine rings is 1. The molecule has 1 saturated heterocycles. The molecule has 0 radical (unpaired) electrons. The van der Waals surface area contributed by atoms with E-state index >= 15 is 0 Å². The third kappa shape index (κ3) is 3.71. The van der Waals surface area contributed by atoms with E-state index in [0.29, 0.717) is 5.41 Å². The van der Waals surface area contributed by atoms with Crippen molar-refractivity contribution in [3.05, 3.63) is 0 Å². The number of hydrogen-bond donors (Lipinski definition) is 1. The van der Waals surface area contributed by atoms with Crippen molar-refractivity contribution in [1.82, 2.24) is 4.90 Å². The summed E-state index contributed by atoms with van der Waals surface area (Å²) < 4.78 is 0. The van der Waals surface area contributed by atoms with Gasteiger partial charge in [-0.3, -0.25) is 0 Å². The standard InChI is InChI=1S/C16H32N2/c1-15(2,14-17)8-11-18-12-9-16(10-13-18)6-4-3-5-7-16/h3-14,17H2,1-2H3. The maximum absolute atomic E-state index is 5.82. The van der Waals surface area contributed by atoms with Gasteiger partial charge in [-0.2, -0.15) is 0 Å².